The van der Waals surface area contributed by atoms with Crippen LogP contribution in [0.1, 0.15) is 15.9 Å². The number of nitrogens with one attached hydrogen (secondary N) is 2. The summed E-state index contributed by atoms with van der Waals surface area (Å²) in [5.41, 5.74) is 1.48. The molecule has 0 saturated heterocycles. The summed E-state index contributed by atoms with van der Waals surface area (Å²) in [4.78, 5) is 27.4. The molecule has 0 aliphatic rings. The summed E-state index contributed by atoms with van der Waals surface area (Å²) in [6.07, 6.45) is 0. The Morgan fingerprint density at radius 1 is 1.07 bits per heavy atom. The molecule has 2 N–H and O–H groups in total. The predicted octanol–water partition coefficient (Wildman–Crippen LogP) is 3.92. The number of pyridine rings is 1. The van der Waals surface area contributed by atoms with Gasteiger partial charge in [0.15, 0.2) is 4.34 Å². The zero-order valence-corrected chi connectivity index (χ0v) is 15.6. The minimum absolute atomic E-state index is 0.0439. The Morgan fingerprint density at radius 2 is 1.85 bits per heavy atom. The average molecular weight is 394 g/mol. The second-order valence-electron chi connectivity index (χ2n) is 5.70. The number of fused-ring (bicyclic) bond motifs is 1. The first-order chi connectivity index (χ1) is 13.2. The summed E-state index contributed by atoms with van der Waals surface area (Å²) in [6.45, 7) is 0. The smallest absolute Gasteiger partial charge is 0.263 e. The molecule has 2 aromatic heterocycles. The number of anilines is 1. The molecule has 0 saturated carbocycles. The number of carbonyl (C=O) groups excluding carboxylic acids is 1. The average Bonchev–Trinajstić information content (AvgIpc) is 3.14. The maximum Gasteiger partial charge on any atom is 0.263 e. The van der Waals surface area contributed by atoms with E-state index in [9.17, 15) is 9.59 Å². The third kappa shape index (κ3) is 4.07. The summed E-state index contributed by atoms with van der Waals surface area (Å²) in [5, 5.41) is 11.9. The van der Waals surface area contributed by atoms with Crippen molar-refractivity contribution in [2.45, 2.75) is 10.1 Å². The molecule has 27 heavy (non-hydrogen) atoms. The molecule has 0 bridgehead atoms. The first-order valence-electron chi connectivity index (χ1n) is 8.13. The quantitative estimate of drug-likeness (QED) is 0.396. The molecule has 8 heteroatoms. The highest BCUT2D eigenvalue weighted by molar-refractivity contribution is 8.00. The Hall–Kier alpha value is -2.97. The highest BCUT2D eigenvalue weighted by Gasteiger charge is 2.14. The van der Waals surface area contributed by atoms with E-state index in [0.717, 1.165) is 15.5 Å². The number of aromatic amines is 1. The number of hydrogen-bond donors (Lipinski definition) is 2. The fraction of sp³-hybridized carbons (Fsp3) is 0.0526. The van der Waals surface area contributed by atoms with Crippen LogP contribution < -0.4 is 10.9 Å². The Balaban J connectivity index is 1.46. The molecule has 4 aromatic rings. The Bertz CT molecular complexity index is 1160. The molecule has 0 aliphatic heterocycles. The Morgan fingerprint density at radius 3 is 2.70 bits per heavy atom. The van der Waals surface area contributed by atoms with Crippen molar-refractivity contribution in [3.8, 4) is 0 Å². The largest absolute Gasteiger partial charge is 0.321 e. The van der Waals surface area contributed by atoms with Crippen LogP contribution in [0.2, 0.25) is 0 Å². The number of rotatable bonds is 5. The van der Waals surface area contributed by atoms with Gasteiger partial charge < -0.3 is 4.98 Å². The summed E-state index contributed by atoms with van der Waals surface area (Å²) >= 11 is 2.83. The van der Waals surface area contributed by atoms with Crippen molar-refractivity contribution in [1.29, 1.82) is 0 Å². The van der Waals surface area contributed by atoms with E-state index in [1.807, 2.05) is 48.5 Å². The van der Waals surface area contributed by atoms with E-state index in [2.05, 4.69) is 20.5 Å². The van der Waals surface area contributed by atoms with Crippen molar-refractivity contribution in [2.24, 2.45) is 0 Å². The SMILES string of the molecule is O=C(Nc1nnc(SCc2ccccc2)s1)c1cc2ccccc2[nH]c1=O. The van der Waals surface area contributed by atoms with Gasteiger partial charge in [-0.25, -0.2) is 0 Å². The number of carbonyl (C=O) groups is 1. The van der Waals surface area contributed by atoms with Gasteiger partial charge in [0.1, 0.15) is 5.56 Å². The molecule has 6 nitrogen and oxygen atoms in total. The first-order valence-corrected chi connectivity index (χ1v) is 9.93. The summed E-state index contributed by atoms with van der Waals surface area (Å²) < 4.78 is 0.751. The van der Waals surface area contributed by atoms with Crippen molar-refractivity contribution in [3.63, 3.8) is 0 Å². The number of hydrogen-bond acceptors (Lipinski definition) is 6. The molecule has 0 aliphatic carbocycles. The molecule has 0 fully saturated rings. The highest BCUT2D eigenvalue weighted by Crippen LogP contribution is 2.28. The number of nitrogens with zero attached hydrogens (tertiary/aromatic N) is 2. The molecule has 134 valence electrons. The lowest BCUT2D eigenvalue weighted by molar-refractivity contribution is 0.102. The van der Waals surface area contributed by atoms with Crippen LogP contribution in [0.4, 0.5) is 5.13 Å². The molecule has 0 radical (unpaired) electrons. The number of H-pyrrole nitrogens is 1. The van der Waals surface area contributed by atoms with Crippen LogP contribution in [0, 0.1) is 0 Å². The topological polar surface area (TPSA) is 87.7 Å². The maximum atomic E-state index is 12.5. The van der Waals surface area contributed by atoms with Crippen molar-refractivity contribution in [3.05, 3.63) is 82.1 Å². The van der Waals surface area contributed by atoms with Gasteiger partial charge in [0.2, 0.25) is 5.13 Å². The van der Waals surface area contributed by atoms with Crippen molar-refractivity contribution in [2.75, 3.05) is 5.32 Å². The minimum Gasteiger partial charge on any atom is -0.321 e. The van der Waals surface area contributed by atoms with Crippen LogP contribution in [0.5, 0.6) is 0 Å². The van der Waals surface area contributed by atoms with Gasteiger partial charge in [-0.15, -0.1) is 10.2 Å². The van der Waals surface area contributed by atoms with E-state index in [1.165, 1.54) is 16.9 Å². The molecule has 1 amide bonds. The van der Waals surface area contributed by atoms with Gasteiger partial charge in [-0.05, 0) is 23.1 Å². The Labute approximate surface area is 162 Å². The van der Waals surface area contributed by atoms with Gasteiger partial charge in [0.25, 0.3) is 11.5 Å². The first kappa shape index (κ1) is 17.4. The fourth-order valence-corrected chi connectivity index (χ4v) is 4.22. The lowest BCUT2D eigenvalue weighted by Crippen LogP contribution is -2.22. The van der Waals surface area contributed by atoms with E-state index in [0.29, 0.717) is 10.6 Å². The van der Waals surface area contributed by atoms with Crippen LogP contribution in [0.25, 0.3) is 10.9 Å². The number of para-hydroxylation sites is 1. The van der Waals surface area contributed by atoms with Crippen LogP contribution >= 0.6 is 23.1 Å². The highest BCUT2D eigenvalue weighted by atomic mass is 32.2. The van der Waals surface area contributed by atoms with Gasteiger partial charge in [-0.1, -0.05) is 71.6 Å². The third-order valence-electron chi connectivity index (χ3n) is 3.83. The van der Waals surface area contributed by atoms with E-state index in [4.69, 9.17) is 0 Å². The zero-order chi connectivity index (χ0) is 18.6. The molecule has 4 rings (SSSR count). The van der Waals surface area contributed by atoms with Crippen molar-refractivity contribution < 1.29 is 4.79 Å². The number of benzene rings is 2. The lowest BCUT2D eigenvalue weighted by Gasteiger charge is -2.02. The molecular formula is C19H14N4O2S2. The predicted molar refractivity (Wildman–Crippen MR) is 108 cm³/mol. The van der Waals surface area contributed by atoms with Crippen LogP contribution in [-0.4, -0.2) is 21.1 Å². The van der Waals surface area contributed by atoms with Crippen LogP contribution in [-0.2, 0) is 5.75 Å². The van der Waals surface area contributed by atoms with Crippen LogP contribution in [0.15, 0.2) is 69.8 Å². The number of thioether (sulfide) groups is 1. The number of aromatic nitrogens is 3. The molecule has 0 spiro atoms. The van der Waals surface area contributed by atoms with E-state index in [1.54, 1.807) is 23.9 Å². The van der Waals surface area contributed by atoms with Crippen molar-refractivity contribution >= 4 is 45.0 Å². The summed E-state index contributed by atoms with van der Waals surface area (Å²) in [7, 11) is 0. The molecule has 0 unspecified atom stereocenters. The van der Waals surface area contributed by atoms with E-state index in [-0.39, 0.29) is 5.56 Å². The Kier molecular flexibility index (Phi) is 4.99. The second-order valence-corrected chi connectivity index (χ2v) is 7.90. The molecular weight excluding hydrogens is 380 g/mol. The van der Waals surface area contributed by atoms with E-state index >= 15 is 0 Å². The van der Waals surface area contributed by atoms with E-state index < -0.39 is 11.5 Å². The molecule has 2 heterocycles. The fourth-order valence-electron chi connectivity index (χ4n) is 2.52. The molecule has 0 atom stereocenters. The summed E-state index contributed by atoms with van der Waals surface area (Å²) in [5.74, 6) is 0.270. The van der Waals surface area contributed by atoms with Crippen molar-refractivity contribution in [1.82, 2.24) is 15.2 Å². The van der Waals surface area contributed by atoms with Crippen LogP contribution in [0.3, 0.4) is 0 Å². The normalized spacial score (nSPS) is 10.8. The zero-order valence-electron chi connectivity index (χ0n) is 14.0. The lowest BCUT2D eigenvalue weighted by atomic mass is 10.1. The van der Waals surface area contributed by atoms with Gasteiger partial charge in [0, 0.05) is 11.3 Å². The van der Waals surface area contributed by atoms with Gasteiger partial charge >= 0.3 is 0 Å². The molecule has 2 aromatic carbocycles. The van der Waals surface area contributed by atoms with Gasteiger partial charge in [-0.2, -0.15) is 0 Å². The number of amides is 1. The second kappa shape index (κ2) is 7.73. The standard InChI is InChI=1S/C19H14N4O2S2/c24-16-14(10-13-8-4-5-9-15(13)20-16)17(25)21-18-22-23-19(27-18)26-11-12-6-2-1-3-7-12/h1-10H,11H2,(H,20,24)(H,21,22,25). The summed E-state index contributed by atoms with van der Waals surface area (Å²) in [6, 6.07) is 18.9. The maximum absolute atomic E-state index is 12.5. The van der Waals surface area contributed by atoms with Gasteiger partial charge in [0.05, 0.1) is 0 Å². The minimum atomic E-state index is -0.502. The third-order valence-corrected chi connectivity index (χ3v) is 5.87. The monoisotopic (exact) mass is 394 g/mol. The van der Waals surface area contributed by atoms with Gasteiger partial charge in [-0.3, -0.25) is 14.9 Å².